The SMILES string of the molecule is CCC1(c2ccccc2)C(=O)NC(=O)N(CCCCC(=O)N2CCN(C(=O)CCC(=O)O)CC2)C1=O. The molecule has 2 saturated heterocycles. The van der Waals surface area contributed by atoms with Crippen molar-refractivity contribution in [2.24, 2.45) is 0 Å². The van der Waals surface area contributed by atoms with E-state index in [0.717, 1.165) is 4.90 Å². The van der Waals surface area contributed by atoms with Gasteiger partial charge >= 0.3 is 12.0 Å². The Balaban J connectivity index is 1.48. The molecule has 0 saturated carbocycles. The molecule has 1 aromatic rings. The summed E-state index contributed by atoms with van der Waals surface area (Å²) in [6.07, 6.45) is 1.02. The number of carbonyl (C=O) groups excluding carboxylic acids is 5. The normalized spacial score (nSPS) is 20.4. The summed E-state index contributed by atoms with van der Waals surface area (Å²) >= 11 is 0. The molecule has 0 spiro atoms. The molecule has 3 rings (SSSR count). The van der Waals surface area contributed by atoms with E-state index in [4.69, 9.17) is 5.11 Å². The highest BCUT2D eigenvalue weighted by Crippen LogP contribution is 2.33. The monoisotopic (exact) mass is 500 g/mol. The molecule has 0 aromatic heterocycles. The quantitative estimate of drug-likeness (QED) is 0.362. The number of unbranched alkanes of at least 4 members (excludes halogenated alkanes) is 1. The first-order valence-corrected chi connectivity index (χ1v) is 12.2. The molecule has 1 unspecified atom stereocenters. The summed E-state index contributed by atoms with van der Waals surface area (Å²) in [5.74, 6) is -2.51. The molecule has 1 aromatic carbocycles. The molecule has 2 N–H and O–H groups in total. The number of barbiturate groups is 1. The number of benzene rings is 1. The largest absolute Gasteiger partial charge is 0.481 e. The number of piperazine rings is 1. The third-order valence-electron chi connectivity index (χ3n) is 6.82. The standard InChI is InChI=1S/C25H32N4O7/c1-2-25(18-8-4-3-5-9-18)22(34)26-24(36)29(23(25)35)13-7-6-10-19(30)27-14-16-28(17-15-27)20(31)11-12-21(32)33/h3-5,8-9H,2,6-7,10-17H2,1H3,(H,32,33)(H,26,34,36). The van der Waals surface area contributed by atoms with Crippen LogP contribution in [-0.4, -0.2) is 88.2 Å². The first-order chi connectivity index (χ1) is 17.2. The molecule has 11 nitrogen and oxygen atoms in total. The number of nitrogens with zero attached hydrogens (tertiary/aromatic N) is 3. The number of amides is 6. The summed E-state index contributed by atoms with van der Waals surface area (Å²) < 4.78 is 0. The van der Waals surface area contributed by atoms with E-state index < -0.39 is 29.2 Å². The van der Waals surface area contributed by atoms with Crippen molar-refractivity contribution in [2.45, 2.75) is 50.9 Å². The van der Waals surface area contributed by atoms with Crippen molar-refractivity contribution in [1.82, 2.24) is 20.0 Å². The zero-order valence-corrected chi connectivity index (χ0v) is 20.4. The molecule has 194 valence electrons. The zero-order valence-electron chi connectivity index (χ0n) is 20.4. The maximum Gasteiger partial charge on any atom is 0.330 e. The average molecular weight is 501 g/mol. The molecule has 2 aliphatic heterocycles. The molecule has 1 atom stereocenters. The van der Waals surface area contributed by atoms with Crippen LogP contribution in [0.15, 0.2) is 30.3 Å². The number of carbonyl (C=O) groups is 6. The number of rotatable bonds is 10. The predicted molar refractivity (Wildman–Crippen MR) is 128 cm³/mol. The van der Waals surface area contributed by atoms with Gasteiger partial charge in [0.25, 0.3) is 5.91 Å². The maximum atomic E-state index is 13.3. The highest BCUT2D eigenvalue weighted by Gasteiger charge is 2.53. The fourth-order valence-electron chi connectivity index (χ4n) is 4.67. The molecule has 0 aliphatic carbocycles. The molecule has 2 fully saturated rings. The number of urea groups is 1. The summed E-state index contributed by atoms with van der Waals surface area (Å²) in [6, 6.07) is 7.92. The Kier molecular flexibility index (Phi) is 8.78. The van der Waals surface area contributed by atoms with Crippen LogP contribution in [0.3, 0.4) is 0 Å². The van der Waals surface area contributed by atoms with Crippen molar-refractivity contribution in [1.29, 1.82) is 0 Å². The number of imide groups is 2. The first kappa shape index (κ1) is 26.8. The van der Waals surface area contributed by atoms with Crippen molar-refractivity contribution in [3.8, 4) is 0 Å². The Hall–Kier alpha value is -3.76. The highest BCUT2D eigenvalue weighted by atomic mass is 16.4. The van der Waals surface area contributed by atoms with Crippen LogP contribution in [0.4, 0.5) is 4.79 Å². The fraction of sp³-hybridized carbons (Fsp3) is 0.520. The second-order valence-corrected chi connectivity index (χ2v) is 8.95. The van der Waals surface area contributed by atoms with Crippen LogP contribution in [-0.2, 0) is 29.4 Å². The van der Waals surface area contributed by atoms with Gasteiger partial charge in [-0.15, -0.1) is 0 Å². The van der Waals surface area contributed by atoms with E-state index in [1.165, 1.54) is 0 Å². The van der Waals surface area contributed by atoms with Crippen LogP contribution < -0.4 is 5.32 Å². The Morgan fingerprint density at radius 2 is 1.47 bits per heavy atom. The van der Waals surface area contributed by atoms with Crippen LogP contribution in [0.2, 0.25) is 0 Å². The lowest BCUT2D eigenvalue weighted by Crippen LogP contribution is -2.65. The Labute approximate surface area is 209 Å². The van der Waals surface area contributed by atoms with Crippen LogP contribution >= 0.6 is 0 Å². The summed E-state index contributed by atoms with van der Waals surface area (Å²) in [7, 11) is 0. The summed E-state index contributed by atoms with van der Waals surface area (Å²) in [6.45, 7) is 3.30. The number of carboxylic acid groups (broad SMARTS) is 1. The lowest BCUT2D eigenvalue weighted by molar-refractivity contribution is -0.145. The third-order valence-corrected chi connectivity index (χ3v) is 6.82. The van der Waals surface area contributed by atoms with Gasteiger partial charge in [0.05, 0.1) is 6.42 Å². The third kappa shape index (κ3) is 5.72. The summed E-state index contributed by atoms with van der Waals surface area (Å²) in [5, 5.41) is 11.0. The van der Waals surface area contributed by atoms with Crippen molar-refractivity contribution < 1.29 is 33.9 Å². The minimum absolute atomic E-state index is 0.0543. The number of hydrogen-bond acceptors (Lipinski definition) is 6. The van der Waals surface area contributed by atoms with E-state index in [0.29, 0.717) is 44.6 Å². The summed E-state index contributed by atoms with van der Waals surface area (Å²) in [5.41, 5.74) is -0.935. The van der Waals surface area contributed by atoms with Gasteiger partial charge in [-0.05, 0) is 24.8 Å². The molecular formula is C25H32N4O7. The lowest BCUT2D eigenvalue weighted by atomic mass is 9.74. The van der Waals surface area contributed by atoms with Gasteiger partial charge in [0, 0.05) is 45.6 Å². The predicted octanol–water partition coefficient (Wildman–Crippen LogP) is 1.12. The van der Waals surface area contributed by atoms with Gasteiger partial charge in [-0.25, -0.2) is 4.79 Å². The Morgan fingerprint density at radius 3 is 2.03 bits per heavy atom. The molecule has 2 aliphatic rings. The molecule has 2 heterocycles. The van der Waals surface area contributed by atoms with Crippen molar-refractivity contribution in [3.05, 3.63) is 35.9 Å². The average Bonchev–Trinajstić information content (AvgIpc) is 2.87. The van der Waals surface area contributed by atoms with Crippen LogP contribution in [0.1, 0.15) is 51.0 Å². The second-order valence-electron chi connectivity index (χ2n) is 8.95. The second kappa shape index (κ2) is 11.8. The molecule has 11 heteroatoms. The molecule has 0 bridgehead atoms. The topological polar surface area (TPSA) is 144 Å². The smallest absolute Gasteiger partial charge is 0.330 e. The zero-order chi connectivity index (χ0) is 26.3. The van der Waals surface area contributed by atoms with E-state index in [2.05, 4.69) is 5.32 Å². The van der Waals surface area contributed by atoms with Gasteiger partial charge in [-0.2, -0.15) is 0 Å². The van der Waals surface area contributed by atoms with Crippen molar-refractivity contribution in [3.63, 3.8) is 0 Å². The van der Waals surface area contributed by atoms with E-state index in [9.17, 15) is 28.8 Å². The van der Waals surface area contributed by atoms with Crippen LogP contribution in [0.25, 0.3) is 0 Å². The highest BCUT2D eigenvalue weighted by molar-refractivity contribution is 6.22. The number of hydrogen-bond donors (Lipinski definition) is 2. The number of carboxylic acids is 1. The molecule has 0 radical (unpaired) electrons. The van der Waals surface area contributed by atoms with Gasteiger partial charge in [-0.1, -0.05) is 37.3 Å². The Bertz CT molecular complexity index is 1020. The van der Waals surface area contributed by atoms with E-state index >= 15 is 0 Å². The van der Waals surface area contributed by atoms with Gasteiger partial charge in [0.1, 0.15) is 0 Å². The molecule has 36 heavy (non-hydrogen) atoms. The van der Waals surface area contributed by atoms with E-state index in [-0.39, 0.29) is 44.0 Å². The lowest BCUT2D eigenvalue weighted by Gasteiger charge is -2.39. The van der Waals surface area contributed by atoms with Crippen LogP contribution in [0, 0.1) is 0 Å². The van der Waals surface area contributed by atoms with E-state index in [1.807, 2.05) is 0 Å². The molecular weight excluding hydrogens is 468 g/mol. The summed E-state index contributed by atoms with van der Waals surface area (Å²) in [4.78, 5) is 78.1. The van der Waals surface area contributed by atoms with Gasteiger partial charge < -0.3 is 14.9 Å². The van der Waals surface area contributed by atoms with Crippen molar-refractivity contribution >= 4 is 35.6 Å². The van der Waals surface area contributed by atoms with Gasteiger partial charge in [0.15, 0.2) is 5.41 Å². The first-order valence-electron chi connectivity index (χ1n) is 12.2. The van der Waals surface area contributed by atoms with Crippen LogP contribution in [0.5, 0.6) is 0 Å². The van der Waals surface area contributed by atoms with Gasteiger partial charge in [-0.3, -0.25) is 34.2 Å². The number of aliphatic carboxylic acids is 1. The van der Waals surface area contributed by atoms with E-state index in [1.54, 1.807) is 47.1 Å². The number of nitrogens with one attached hydrogen (secondary N) is 1. The minimum atomic E-state index is -1.47. The minimum Gasteiger partial charge on any atom is -0.481 e. The maximum absolute atomic E-state index is 13.3. The Morgan fingerprint density at radius 1 is 0.889 bits per heavy atom. The van der Waals surface area contributed by atoms with Gasteiger partial charge in [0.2, 0.25) is 17.7 Å². The molecule has 6 amide bonds. The van der Waals surface area contributed by atoms with Crippen molar-refractivity contribution in [2.75, 3.05) is 32.7 Å². The fourth-order valence-corrected chi connectivity index (χ4v) is 4.67.